The third kappa shape index (κ3) is 5.69. The molecular formula is C20H29IN4S. The Bertz CT molecular complexity index is 660. The van der Waals surface area contributed by atoms with E-state index >= 15 is 0 Å². The molecule has 2 unspecified atom stereocenters. The molecule has 2 heterocycles. The van der Waals surface area contributed by atoms with Gasteiger partial charge in [0.1, 0.15) is 0 Å². The second-order valence-corrected chi connectivity index (χ2v) is 7.61. The highest BCUT2D eigenvalue weighted by molar-refractivity contribution is 14.0. The number of hydrogen-bond acceptors (Lipinski definition) is 3. The van der Waals surface area contributed by atoms with Crippen LogP contribution >= 0.6 is 35.3 Å². The van der Waals surface area contributed by atoms with Gasteiger partial charge in [0.25, 0.3) is 0 Å². The monoisotopic (exact) mass is 484 g/mol. The summed E-state index contributed by atoms with van der Waals surface area (Å²) in [6.07, 6.45) is 2.52. The number of hydrogen-bond donors (Lipinski definition) is 2. The topological polar surface area (TPSA) is 39.7 Å². The Morgan fingerprint density at radius 3 is 2.69 bits per heavy atom. The van der Waals surface area contributed by atoms with Crippen molar-refractivity contribution < 1.29 is 0 Å². The number of likely N-dealkylation sites (tertiary alicyclic amines) is 1. The number of guanidine groups is 1. The van der Waals surface area contributed by atoms with E-state index in [2.05, 4.69) is 69.4 Å². The molecule has 1 aliphatic heterocycles. The van der Waals surface area contributed by atoms with Crippen LogP contribution < -0.4 is 10.6 Å². The number of piperidine rings is 1. The molecule has 1 saturated heterocycles. The van der Waals surface area contributed by atoms with E-state index in [-0.39, 0.29) is 24.0 Å². The van der Waals surface area contributed by atoms with Gasteiger partial charge >= 0.3 is 0 Å². The SMILES string of the molecule is CN=C(NCc1ccccc1)NCC1CCCN(C)C1c1cccs1.I. The maximum absolute atomic E-state index is 4.38. The number of nitrogens with one attached hydrogen (secondary N) is 2. The van der Waals surface area contributed by atoms with Crippen molar-refractivity contribution >= 4 is 41.3 Å². The standard InChI is InChI=1S/C20H28N4S.HI/c1-21-20(22-14-16-8-4-3-5-9-16)23-15-17-10-6-12-24(2)19(17)18-11-7-13-25-18;/h3-5,7-9,11,13,17,19H,6,10,12,14-15H2,1-2H3,(H2,21,22,23);1H. The summed E-state index contributed by atoms with van der Waals surface area (Å²) in [5.41, 5.74) is 1.26. The fourth-order valence-electron chi connectivity index (χ4n) is 3.61. The maximum atomic E-state index is 4.38. The zero-order chi connectivity index (χ0) is 17.5. The highest BCUT2D eigenvalue weighted by Crippen LogP contribution is 2.36. The number of rotatable bonds is 5. The van der Waals surface area contributed by atoms with E-state index in [1.165, 1.54) is 29.8 Å². The van der Waals surface area contributed by atoms with Gasteiger partial charge in [-0.1, -0.05) is 36.4 Å². The maximum Gasteiger partial charge on any atom is 0.191 e. The smallest absolute Gasteiger partial charge is 0.191 e. The summed E-state index contributed by atoms with van der Waals surface area (Å²) in [5.74, 6) is 1.48. The van der Waals surface area contributed by atoms with Gasteiger partial charge in [-0.2, -0.15) is 0 Å². The van der Waals surface area contributed by atoms with Gasteiger partial charge in [-0.25, -0.2) is 0 Å². The summed E-state index contributed by atoms with van der Waals surface area (Å²) in [6, 6.07) is 15.4. The van der Waals surface area contributed by atoms with E-state index in [9.17, 15) is 0 Å². The Hall–Kier alpha value is -1.12. The van der Waals surface area contributed by atoms with Crippen LogP contribution in [-0.4, -0.2) is 38.0 Å². The summed E-state index contributed by atoms with van der Waals surface area (Å²) >= 11 is 1.87. The normalized spacial score (nSPS) is 21.1. The van der Waals surface area contributed by atoms with Gasteiger partial charge in [-0.15, -0.1) is 35.3 Å². The van der Waals surface area contributed by atoms with Gasteiger partial charge in [0.15, 0.2) is 5.96 Å². The minimum atomic E-state index is 0. The summed E-state index contributed by atoms with van der Waals surface area (Å²) in [4.78, 5) is 8.35. The fourth-order valence-corrected chi connectivity index (χ4v) is 4.60. The van der Waals surface area contributed by atoms with Gasteiger partial charge in [-0.05, 0) is 49.4 Å². The molecule has 1 fully saturated rings. The van der Waals surface area contributed by atoms with E-state index in [0.29, 0.717) is 12.0 Å². The van der Waals surface area contributed by atoms with Crippen LogP contribution in [0.5, 0.6) is 0 Å². The average molecular weight is 484 g/mol. The van der Waals surface area contributed by atoms with Crippen LogP contribution in [0.4, 0.5) is 0 Å². The molecule has 3 rings (SSSR count). The second-order valence-electron chi connectivity index (χ2n) is 6.64. The summed E-state index contributed by atoms with van der Waals surface area (Å²) in [6.45, 7) is 2.92. The Kier molecular flexibility index (Phi) is 8.87. The van der Waals surface area contributed by atoms with Crippen LogP contribution in [0.15, 0.2) is 52.8 Å². The van der Waals surface area contributed by atoms with E-state index in [0.717, 1.165) is 19.0 Å². The van der Waals surface area contributed by atoms with Crippen molar-refractivity contribution in [3.05, 3.63) is 58.3 Å². The van der Waals surface area contributed by atoms with E-state index in [1.807, 2.05) is 24.5 Å². The van der Waals surface area contributed by atoms with Crippen LogP contribution in [-0.2, 0) is 6.54 Å². The lowest BCUT2D eigenvalue weighted by Gasteiger charge is -2.39. The number of benzene rings is 1. The first kappa shape index (κ1) is 21.2. The molecule has 0 spiro atoms. The fraction of sp³-hybridized carbons (Fsp3) is 0.450. The molecule has 1 aromatic carbocycles. The molecule has 1 aromatic heterocycles. The number of nitrogens with zero attached hydrogens (tertiary/aromatic N) is 2. The molecule has 2 aromatic rings. The zero-order valence-corrected chi connectivity index (χ0v) is 18.7. The quantitative estimate of drug-likeness (QED) is 0.381. The predicted octanol–water partition coefficient (Wildman–Crippen LogP) is 4.11. The second kappa shape index (κ2) is 10.9. The Morgan fingerprint density at radius 2 is 2.00 bits per heavy atom. The Labute approximate surface area is 178 Å². The van der Waals surface area contributed by atoms with Crippen molar-refractivity contribution in [2.75, 3.05) is 27.2 Å². The van der Waals surface area contributed by atoms with Gasteiger partial charge in [0.2, 0.25) is 0 Å². The molecule has 4 nitrogen and oxygen atoms in total. The van der Waals surface area contributed by atoms with Crippen molar-refractivity contribution in [1.29, 1.82) is 0 Å². The molecule has 0 saturated carbocycles. The van der Waals surface area contributed by atoms with Crippen molar-refractivity contribution in [3.63, 3.8) is 0 Å². The number of aliphatic imine (C=N–C) groups is 1. The summed E-state index contributed by atoms with van der Waals surface area (Å²) in [7, 11) is 4.09. The lowest BCUT2D eigenvalue weighted by molar-refractivity contribution is 0.125. The lowest BCUT2D eigenvalue weighted by atomic mass is 9.88. The van der Waals surface area contributed by atoms with E-state index in [1.54, 1.807) is 0 Å². The van der Waals surface area contributed by atoms with Crippen molar-refractivity contribution in [2.45, 2.75) is 25.4 Å². The summed E-state index contributed by atoms with van der Waals surface area (Å²) in [5, 5.41) is 9.14. The molecule has 1 aliphatic rings. The molecule has 2 N–H and O–H groups in total. The third-order valence-corrected chi connectivity index (χ3v) is 5.84. The van der Waals surface area contributed by atoms with Crippen LogP contribution in [0.1, 0.15) is 29.3 Å². The van der Waals surface area contributed by atoms with Gasteiger partial charge in [-0.3, -0.25) is 9.89 Å². The highest BCUT2D eigenvalue weighted by Gasteiger charge is 2.31. The molecule has 0 bridgehead atoms. The number of thiophene rings is 1. The molecule has 0 amide bonds. The largest absolute Gasteiger partial charge is 0.356 e. The zero-order valence-electron chi connectivity index (χ0n) is 15.5. The predicted molar refractivity (Wildman–Crippen MR) is 122 cm³/mol. The third-order valence-electron chi connectivity index (χ3n) is 4.90. The minimum Gasteiger partial charge on any atom is -0.356 e. The highest BCUT2D eigenvalue weighted by atomic mass is 127. The molecule has 0 radical (unpaired) electrons. The molecular weight excluding hydrogens is 455 g/mol. The molecule has 26 heavy (non-hydrogen) atoms. The Balaban J connectivity index is 0.00000243. The van der Waals surface area contributed by atoms with Crippen LogP contribution in [0, 0.1) is 5.92 Å². The first-order chi connectivity index (χ1) is 12.3. The molecule has 142 valence electrons. The first-order valence-electron chi connectivity index (χ1n) is 9.00. The first-order valence-corrected chi connectivity index (χ1v) is 9.88. The molecule has 0 aliphatic carbocycles. The van der Waals surface area contributed by atoms with Gasteiger partial charge < -0.3 is 10.6 Å². The van der Waals surface area contributed by atoms with Crippen molar-refractivity contribution in [3.8, 4) is 0 Å². The van der Waals surface area contributed by atoms with Crippen molar-refractivity contribution in [1.82, 2.24) is 15.5 Å². The van der Waals surface area contributed by atoms with Crippen molar-refractivity contribution in [2.24, 2.45) is 10.9 Å². The van der Waals surface area contributed by atoms with Crippen LogP contribution in [0.25, 0.3) is 0 Å². The van der Waals surface area contributed by atoms with Gasteiger partial charge in [0, 0.05) is 31.1 Å². The van der Waals surface area contributed by atoms with E-state index < -0.39 is 0 Å². The Morgan fingerprint density at radius 1 is 1.19 bits per heavy atom. The lowest BCUT2D eigenvalue weighted by Crippen LogP contribution is -2.44. The number of halogens is 1. The molecule has 6 heteroatoms. The molecule has 2 atom stereocenters. The van der Waals surface area contributed by atoms with Crippen LogP contribution in [0.2, 0.25) is 0 Å². The van der Waals surface area contributed by atoms with Crippen LogP contribution in [0.3, 0.4) is 0 Å². The van der Waals surface area contributed by atoms with E-state index in [4.69, 9.17) is 0 Å². The average Bonchev–Trinajstić information content (AvgIpc) is 3.17. The summed E-state index contributed by atoms with van der Waals surface area (Å²) < 4.78 is 0. The minimum absolute atomic E-state index is 0. The van der Waals surface area contributed by atoms with Gasteiger partial charge in [0.05, 0.1) is 0 Å².